The third-order valence-electron chi connectivity index (χ3n) is 3.75. The number of anilines is 2. The van der Waals surface area contributed by atoms with Crippen LogP contribution in [0.4, 0.5) is 11.4 Å². The van der Waals surface area contributed by atoms with E-state index in [2.05, 4.69) is 56.5 Å². The topological polar surface area (TPSA) is 15.3 Å². The average molecular weight is 386 g/mol. The van der Waals surface area contributed by atoms with Gasteiger partial charge in [0, 0.05) is 29.0 Å². The normalized spacial score (nSPS) is 15.2. The number of nitrogens with zero attached hydrogens (tertiary/aromatic N) is 1. The molecule has 0 saturated carbocycles. The molecular weight excluding hydrogens is 368 g/mol. The zero-order valence-electron chi connectivity index (χ0n) is 11.7. The molecule has 1 saturated heterocycles. The van der Waals surface area contributed by atoms with Crippen LogP contribution in [0, 0.1) is 0 Å². The van der Waals surface area contributed by atoms with Crippen LogP contribution < -0.4 is 10.2 Å². The second-order valence-electron chi connectivity index (χ2n) is 5.25. The van der Waals surface area contributed by atoms with E-state index in [4.69, 9.17) is 11.6 Å². The van der Waals surface area contributed by atoms with Crippen molar-refractivity contribution in [2.24, 2.45) is 0 Å². The Morgan fingerprint density at radius 2 is 1.95 bits per heavy atom. The largest absolute Gasteiger partial charge is 0.378 e. The summed E-state index contributed by atoms with van der Waals surface area (Å²) in [7, 11) is 0. The van der Waals surface area contributed by atoms with Crippen LogP contribution >= 0.6 is 38.9 Å². The minimum atomic E-state index is 0.806. The van der Waals surface area contributed by atoms with E-state index < -0.39 is 0 Å². The highest BCUT2D eigenvalue weighted by molar-refractivity contribution is 9.10. The molecular formula is C16H18BrClN2S. The lowest BCUT2D eigenvalue weighted by Gasteiger charge is -2.30. The molecule has 2 nitrogen and oxygen atoms in total. The highest BCUT2D eigenvalue weighted by atomic mass is 79.9. The van der Waals surface area contributed by atoms with E-state index in [0.29, 0.717) is 0 Å². The van der Waals surface area contributed by atoms with Crippen molar-refractivity contribution in [3.63, 3.8) is 0 Å². The van der Waals surface area contributed by atoms with Crippen molar-refractivity contribution in [2.75, 3.05) is 23.3 Å². The van der Waals surface area contributed by atoms with Crippen molar-refractivity contribution in [2.45, 2.75) is 25.8 Å². The molecule has 0 atom stereocenters. The van der Waals surface area contributed by atoms with Crippen LogP contribution in [0.1, 0.15) is 24.1 Å². The third kappa shape index (κ3) is 3.74. The molecule has 1 aliphatic heterocycles. The molecule has 1 N–H and O–H groups in total. The second-order valence-corrected chi connectivity index (χ2v) is 7.85. The minimum absolute atomic E-state index is 0.806. The van der Waals surface area contributed by atoms with Crippen molar-refractivity contribution < 1.29 is 0 Å². The van der Waals surface area contributed by atoms with E-state index in [-0.39, 0.29) is 0 Å². The van der Waals surface area contributed by atoms with Crippen LogP contribution in [-0.2, 0) is 6.54 Å². The molecule has 0 spiro atoms. The first-order chi connectivity index (χ1) is 10.2. The maximum Gasteiger partial charge on any atom is 0.107 e. The predicted molar refractivity (Wildman–Crippen MR) is 96.9 cm³/mol. The molecule has 1 aromatic carbocycles. The summed E-state index contributed by atoms with van der Waals surface area (Å²) in [6, 6.07) is 10.7. The van der Waals surface area contributed by atoms with E-state index >= 15 is 0 Å². The van der Waals surface area contributed by atoms with E-state index in [0.717, 1.165) is 28.4 Å². The molecule has 112 valence electrons. The van der Waals surface area contributed by atoms with Gasteiger partial charge in [0.15, 0.2) is 0 Å². The van der Waals surface area contributed by atoms with Gasteiger partial charge in [0.25, 0.3) is 0 Å². The number of halogens is 2. The van der Waals surface area contributed by atoms with Gasteiger partial charge < -0.3 is 10.2 Å². The number of hydrogen-bond donors (Lipinski definition) is 1. The zero-order chi connectivity index (χ0) is 14.7. The van der Waals surface area contributed by atoms with E-state index in [1.807, 2.05) is 0 Å². The van der Waals surface area contributed by atoms with E-state index in [9.17, 15) is 0 Å². The van der Waals surface area contributed by atoms with Gasteiger partial charge in [-0.3, -0.25) is 0 Å². The lowest BCUT2D eigenvalue weighted by molar-refractivity contribution is 0.578. The molecule has 21 heavy (non-hydrogen) atoms. The maximum absolute atomic E-state index is 6.10. The van der Waals surface area contributed by atoms with Crippen LogP contribution in [0.5, 0.6) is 0 Å². The first-order valence-electron chi connectivity index (χ1n) is 7.25. The molecule has 0 unspecified atom stereocenters. The highest BCUT2D eigenvalue weighted by Gasteiger charge is 2.14. The molecule has 5 heteroatoms. The van der Waals surface area contributed by atoms with Gasteiger partial charge in [-0.05, 0) is 53.4 Å². The Morgan fingerprint density at radius 3 is 2.67 bits per heavy atom. The van der Waals surface area contributed by atoms with Crippen LogP contribution in [-0.4, -0.2) is 13.1 Å². The minimum Gasteiger partial charge on any atom is -0.378 e. The fraction of sp³-hybridized carbons (Fsp3) is 0.375. The zero-order valence-corrected chi connectivity index (χ0v) is 14.9. The summed E-state index contributed by atoms with van der Waals surface area (Å²) in [4.78, 5) is 3.73. The lowest BCUT2D eigenvalue weighted by atomic mass is 10.1. The molecule has 2 heterocycles. The number of para-hydroxylation sites is 2. The molecule has 2 aromatic rings. The number of thiophene rings is 1. The van der Waals surface area contributed by atoms with Crippen LogP contribution in [0.2, 0.25) is 4.34 Å². The summed E-state index contributed by atoms with van der Waals surface area (Å²) in [5.41, 5.74) is 2.53. The Balaban J connectivity index is 1.72. The molecule has 0 amide bonds. The number of nitrogens with one attached hydrogen (secondary N) is 1. The summed E-state index contributed by atoms with van der Waals surface area (Å²) in [5.74, 6) is 0. The molecule has 0 radical (unpaired) electrons. The summed E-state index contributed by atoms with van der Waals surface area (Å²) in [5, 5.41) is 3.56. The van der Waals surface area contributed by atoms with Gasteiger partial charge in [0.05, 0.1) is 11.4 Å². The lowest BCUT2D eigenvalue weighted by Crippen LogP contribution is -2.30. The van der Waals surface area contributed by atoms with E-state index in [1.165, 1.54) is 35.5 Å². The first kappa shape index (κ1) is 15.2. The van der Waals surface area contributed by atoms with Gasteiger partial charge in [0.1, 0.15) is 4.34 Å². The molecule has 0 bridgehead atoms. The fourth-order valence-corrected chi connectivity index (χ4v) is 4.42. The molecule has 0 aliphatic carbocycles. The quantitative estimate of drug-likeness (QED) is 0.719. The highest BCUT2D eigenvalue weighted by Crippen LogP contribution is 2.33. The van der Waals surface area contributed by atoms with Crippen LogP contribution in [0.25, 0.3) is 0 Å². The Kier molecular flexibility index (Phi) is 5.09. The fourth-order valence-electron chi connectivity index (χ4n) is 2.69. The number of hydrogen-bond acceptors (Lipinski definition) is 3. The van der Waals surface area contributed by atoms with Crippen molar-refractivity contribution >= 4 is 50.2 Å². The van der Waals surface area contributed by atoms with Crippen molar-refractivity contribution in [1.82, 2.24) is 0 Å². The Morgan fingerprint density at radius 1 is 1.19 bits per heavy atom. The second kappa shape index (κ2) is 7.03. The van der Waals surface area contributed by atoms with Crippen molar-refractivity contribution in [1.29, 1.82) is 0 Å². The molecule has 3 rings (SSSR count). The van der Waals surface area contributed by atoms with Gasteiger partial charge in [-0.15, -0.1) is 11.3 Å². The summed E-state index contributed by atoms with van der Waals surface area (Å²) in [6.07, 6.45) is 3.94. The Bertz CT molecular complexity index is 589. The molecule has 1 fully saturated rings. The maximum atomic E-state index is 6.10. The van der Waals surface area contributed by atoms with Gasteiger partial charge >= 0.3 is 0 Å². The standard InChI is InChI=1S/C16H18BrClN2S/c17-13-10-12(21-16(13)18)11-19-14-6-2-3-7-15(14)20-8-4-1-5-9-20/h2-3,6-7,10,19H,1,4-5,8-9,11H2. The molecule has 1 aromatic heterocycles. The number of piperidine rings is 1. The summed E-state index contributed by atoms with van der Waals surface area (Å²) >= 11 is 11.2. The van der Waals surface area contributed by atoms with Gasteiger partial charge in [0.2, 0.25) is 0 Å². The number of rotatable bonds is 4. The van der Waals surface area contributed by atoms with Gasteiger partial charge in [-0.25, -0.2) is 0 Å². The summed E-state index contributed by atoms with van der Waals surface area (Å²) in [6.45, 7) is 3.13. The smallest absolute Gasteiger partial charge is 0.107 e. The van der Waals surface area contributed by atoms with Gasteiger partial charge in [-0.1, -0.05) is 23.7 Å². The molecule has 1 aliphatic rings. The van der Waals surface area contributed by atoms with Gasteiger partial charge in [-0.2, -0.15) is 0 Å². The Labute approximate surface area is 143 Å². The predicted octanol–water partition coefficient (Wildman–Crippen LogP) is 5.77. The monoisotopic (exact) mass is 384 g/mol. The van der Waals surface area contributed by atoms with Crippen molar-refractivity contribution in [3.05, 3.63) is 44.0 Å². The average Bonchev–Trinajstić information content (AvgIpc) is 2.85. The third-order valence-corrected chi connectivity index (χ3v) is 6.22. The first-order valence-corrected chi connectivity index (χ1v) is 9.24. The Hall–Kier alpha value is -0.710. The van der Waals surface area contributed by atoms with E-state index in [1.54, 1.807) is 11.3 Å². The van der Waals surface area contributed by atoms with Crippen LogP contribution in [0.3, 0.4) is 0 Å². The number of benzene rings is 1. The van der Waals surface area contributed by atoms with Crippen LogP contribution in [0.15, 0.2) is 34.8 Å². The summed E-state index contributed by atoms with van der Waals surface area (Å²) < 4.78 is 1.80. The van der Waals surface area contributed by atoms with Crippen molar-refractivity contribution in [3.8, 4) is 0 Å². The SMILES string of the molecule is Clc1sc(CNc2ccccc2N2CCCCC2)cc1Br.